The summed E-state index contributed by atoms with van der Waals surface area (Å²) in [6.07, 6.45) is 4.39. The number of rotatable bonds is 4. The van der Waals surface area contributed by atoms with Gasteiger partial charge in [0.25, 0.3) is 0 Å². The van der Waals surface area contributed by atoms with Gasteiger partial charge in [-0.15, -0.1) is 0 Å². The number of hydrogen-bond donors (Lipinski definition) is 2. The lowest BCUT2D eigenvalue weighted by molar-refractivity contribution is 0.392. The third kappa shape index (κ3) is 3.12. The van der Waals surface area contributed by atoms with Crippen molar-refractivity contribution < 1.29 is 4.39 Å². The summed E-state index contributed by atoms with van der Waals surface area (Å²) >= 11 is 0. The maximum absolute atomic E-state index is 13.8. The van der Waals surface area contributed by atoms with Crippen LogP contribution < -0.4 is 10.6 Å². The third-order valence-corrected chi connectivity index (χ3v) is 3.15. The Balaban J connectivity index is 1.93. The van der Waals surface area contributed by atoms with Crippen LogP contribution in [-0.2, 0) is 6.42 Å². The maximum atomic E-state index is 13.8. The quantitative estimate of drug-likeness (QED) is 0.836. The first kappa shape index (κ1) is 12.2. The van der Waals surface area contributed by atoms with E-state index in [1.54, 1.807) is 0 Å². The fraction of sp³-hybridized carbons (Fsp3) is 0.667. The molecule has 4 nitrogen and oxygen atoms in total. The average Bonchev–Trinajstić information content (AvgIpc) is 2.39. The summed E-state index contributed by atoms with van der Waals surface area (Å²) in [6.45, 7) is 4.75. The van der Waals surface area contributed by atoms with Crippen molar-refractivity contribution in [1.82, 2.24) is 15.3 Å². The SMILES string of the molecule is CCc1ncnc(NCC2CCCNC2)c1F. The van der Waals surface area contributed by atoms with Crippen LogP contribution >= 0.6 is 0 Å². The van der Waals surface area contributed by atoms with Crippen LogP contribution in [0, 0.1) is 11.7 Å². The van der Waals surface area contributed by atoms with Crippen LogP contribution in [0.4, 0.5) is 10.2 Å². The van der Waals surface area contributed by atoms with Gasteiger partial charge in [-0.25, -0.2) is 14.4 Å². The first-order chi connectivity index (χ1) is 8.31. The molecule has 1 saturated heterocycles. The van der Waals surface area contributed by atoms with Gasteiger partial charge >= 0.3 is 0 Å². The monoisotopic (exact) mass is 238 g/mol. The molecule has 1 unspecified atom stereocenters. The highest BCUT2D eigenvalue weighted by atomic mass is 19.1. The molecule has 1 atom stereocenters. The van der Waals surface area contributed by atoms with Gasteiger partial charge in [-0.05, 0) is 38.3 Å². The van der Waals surface area contributed by atoms with Gasteiger partial charge in [0.05, 0.1) is 5.69 Å². The van der Waals surface area contributed by atoms with Crippen molar-refractivity contribution in [1.29, 1.82) is 0 Å². The Kier molecular flexibility index (Phi) is 4.25. The number of anilines is 1. The highest BCUT2D eigenvalue weighted by molar-refractivity contribution is 5.37. The Hall–Kier alpha value is -1.23. The third-order valence-electron chi connectivity index (χ3n) is 3.15. The molecule has 1 aromatic heterocycles. The van der Waals surface area contributed by atoms with Crippen LogP contribution in [0.15, 0.2) is 6.33 Å². The molecule has 0 bridgehead atoms. The fourth-order valence-electron chi connectivity index (χ4n) is 2.12. The standard InChI is InChI=1S/C12H19FN4/c1-2-10-11(13)12(17-8-16-10)15-7-9-4-3-5-14-6-9/h8-9,14H,2-7H2,1H3,(H,15,16,17). The first-order valence-corrected chi connectivity index (χ1v) is 6.25. The summed E-state index contributed by atoms with van der Waals surface area (Å²) < 4.78 is 13.8. The minimum Gasteiger partial charge on any atom is -0.367 e. The zero-order valence-corrected chi connectivity index (χ0v) is 10.2. The molecule has 1 aliphatic heterocycles. The number of nitrogens with one attached hydrogen (secondary N) is 2. The van der Waals surface area contributed by atoms with Gasteiger partial charge in [0, 0.05) is 6.54 Å². The normalized spacial score (nSPS) is 20.2. The average molecular weight is 238 g/mol. The molecule has 0 saturated carbocycles. The summed E-state index contributed by atoms with van der Waals surface area (Å²) in [7, 11) is 0. The molecular weight excluding hydrogens is 219 g/mol. The molecule has 0 amide bonds. The first-order valence-electron chi connectivity index (χ1n) is 6.25. The molecule has 17 heavy (non-hydrogen) atoms. The van der Waals surface area contributed by atoms with Crippen LogP contribution in [0.25, 0.3) is 0 Å². The molecule has 0 radical (unpaired) electrons. The van der Waals surface area contributed by atoms with Gasteiger partial charge in [-0.2, -0.15) is 0 Å². The zero-order valence-electron chi connectivity index (χ0n) is 10.2. The Labute approximate surface area is 101 Å². The largest absolute Gasteiger partial charge is 0.367 e. The summed E-state index contributed by atoms with van der Waals surface area (Å²) in [6, 6.07) is 0. The van der Waals surface area contributed by atoms with E-state index in [1.165, 1.54) is 19.2 Å². The van der Waals surface area contributed by atoms with Gasteiger partial charge in [0.15, 0.2) is 11.6 Å². The van der Waals surface area contributed by atoms with Gasteiger partial charge in [-0.3, -0.25) is 0 Å². The Bertz CT molecular complexity index is 364. The summed E-state index contributed by atoms with van der Waals surface area (Å²) in [5.74, 6) is 0.587. The van der Waals surface area contributed by atoms with E-state index in [4.69, 9.17) is 0 Å². The topological polar surface area (TPSA) is 49.8 Å². The van der Waals surface area contributed by atoms with E-state index >= 15 is 0 Å². The molecular formula is C12H19FN4. The number of aryl methyl sites for hydroxylation is 1. The predicted octanol–water partition coefficient (Wildman–Crippen LogP) is 1.59. The molecule has 2 N–H and O–H groups in total. The molecule has 94 valence electrons. The van der Waals surface area contributed by atoms with Crippen LogP contribution in [0.2, 0.25) is 0 Å². The van der Waals surface area contributed by atoms with E-state index in [-0.39, 0.29) is 5.82 Å². The van der Waals surface area contributed by atoms with Crippen molar-refractivity contribution in [3.05, 3.63) is 17.8 Å². The Morgan fingerprint density at radius 3 is 3.12 bits per heavy atom. The lowest BCUT2D eigenvalue weighted by Crippen LogP contribution is -2.33. The smallest absolute Gasteiger partial charge is 0.186 e. The van der Waals surface area contributed by atoms with E-state index in [2.05, 4.69) is 20.6 Å². The highest BCUT2D eigenvalue weighted by Gasteiger charge is 2.14. The van der Waals surface area contributed by atoms with Crippen molar-refractivity contribution in [2.75, 3.05) is 25.0 Å². The van der Waals surface area contributed by atoms with E-state index < -0.39 is 0 Å². The minimum absolute atomic E-state index is 0.307. The lowest BCUT2D eigenvalue weighted by atomic mass is 10.00. The van der Waals surface area contributed by atoms with Crippen LogP contribution in [0.5, 0.6) is 0 Å². The van der Waals surface area contributed by atoms with Crippen molar-refractivity contribution in [3.8, 4) is 0 Å². The van der Waals surface area contributed by atoms with Crippen molar-refractivity contribution >= 4 is 5.82 Å². The number of piperidine rings is 1. The summed E-state index contributed by atoms with van der Waals surface area (Å²) in [5, 5.41) is 6.43. The van der Waals surface area contributed by atoms with Gasteiger partial charge in [0.1, 0.15) is 6.33 Å². The minimum atomic E-state index is -0.307. The van der Waals surface area contributed by atoms with E-state index in [0.717, 1.165) is 19.6 Å². The second kappa shape index (κ2) is 5.91. The predicted molar refractivity (Wildman–Crippen MR) is 65.5 cm³/mol. The number of aromatic nitrogens is 2. The van der Waals surface area contributed by atoms with Gasteiger partial charge in [-0.1, -0.05) is 6.92 Å². The molecule has 1 fully saturated rings. The molecule has 0 aliphatic carbocycles. The molecule has 2 rings (SSSR count). The number of nitrogens with zero attached hydrogens (tertiary/aromatic N) is 2. The summed E-state index contributed by atoms with van der Waals surface area (Å²) in [4.78, 5) is 7.87. The number of halogens is 1. The number of hydrogen-bond acceptors (Lipinski definition) is 4. The van der Waals surface area contributed by atoms with Gasteiger partial charge in [0.2, 0.25) is 0 Å². The molecule has 1 aliphatic rings. The van der Waals surface area contributed by atoms with Crippen molar-refractivity contribution in [2.24, 2.45) is 5.92 Å². The molecule has 5 heteroatoms. The van der Waals surface area contributed by atoms with Crippen LogP contribution in [-0.4, -0.2) is 29.6 Å². The molecule has 1 aromatic rings. The summed E-state index contributed by atoms with van der Waals surface area (Å²) in [5.41, 5.74) is 0.476. The second-order valence-electron chi connectivity index (χ2n) is 4.43. The maximum Gasteiger partial charge on any atom is 0.186 e. The van der Waals surface area contributed by atoms with Crippen LogP contribution in [0.3, 0.4) is 0 Å². The van der Waals surface area contributed by atoms with Crippen LogP contribution in [0.1, 0.15) is 25.5 Å². The van der Waals surface area contributed by atoms with Gasteiger partial charge < -0.3 is 10.6 Å². The van der Waals surface area contributed by atoms with E-state index in [1.807, 2.05) is 6.92 Å². The molecule has 0 spiro atoms. The molecule has 0 aromatic carbocycles. The molecule has 2 heterocycles. The Morgan fingerprint density at radius 1 is 1.53 bits per heavy atom. The van der Waals surface area contributed by atoms with Crippen molar-refractivity contribution in [2.45, 2.75) is 26.2 Å². The van der Waals surface area contributed by atoms with E-state index in [9.17, 15) is 4.39 Å². The second-order valence-corrected chi connectivity index (χ2v) is 4.43. The zero-order chi connectivity index (χ0) is 12.1. The fourth-order valence-corrected chi connectivity index (χ4v) is 2.12. The lowest BCUT2D eigenvalue weighted by Gasteiger charge is -2.23. The van der Waals surface area contributed by atoms with Crippen molar-refractivity contribution in [3.63, 3.8) is 0 Å². The Morgan fingerprint density at radius 2 is 2.41 bits per heavy atom. The van der Waals surface area contributed by atoms with E-state index in [0.29, 0.717) is 23.9 Å². The highest BCUT2D eigenvalue weighted by Crippen LogP contribution is 2.15.